The third-order valence-electron chi connectivity index (χ3n) is 5.21. The van der Waals surface area contributed by atoms with E-state index in [0.29, 0.717) is 12.0 Å². The lowest BCUT2D eigenvalue weighted by Gasteiger charge is -2.37. The molecule has 5 nitrogen and oxygen atoms in total. The van der Waals surface area contributed by atoms with Crippen LogP contribution in [-0.4, -0.2) is 54.0 Å². The summed E-state index contributed by atoms with van der Waals surface area (Å²) in [5, 5.41) is 8.58. The number of fused-ring (bicyclic) bond motifs is 1. The Morgan fingerprint density at radius 3 is 2.80 bits per heavy atom. The Balaban J connectivity index is 1.39. The number of nitrogens with zero attached hydrogens (tertiary/aromatic N) is 4. The van der Waals surface area contributed by atoms with Crippen LogP contribution in [0.1, 0.15) is 21.9 Å². The van der Waals surface area contributed by atoms with E-state index in [4.69, 9.17) is 4.74 Å². The number of aromatic nitrogens is 2. The van der Waals surface area contributed by atoms with Crippen LogP contribution in [0, 0.1) is 19.8 Å². The molecule has 2 aromatic heterocycles. The predicted molar refractivity (Wildman–Crippen MR) is 101 cm³/mol. The van der Waals surface area contributed by atoms with E-state index in [1.807, 2.05) is 24.3 Å². The molecule has 0 saturated carbocycles. The standard InChI is InChI=1S/C19H26N4OS/c1-14-3-6-19(21-20-14)23-9-10-24-18-13-22(8-7-16(18)11-23)12-17-5-4-15(2)25-17/h3-6,16,18H,7-13H2,1-2H3/t16-,18-/m1/s1. The van der Waals surface area contributed by atoms with E-state index < -0.39 is 0 Å². The van der Waals surface area contributed by atoms with E-state index in [-0.39, 0.29) is 0 Å². The van der Waals surface area contributed by atoms with E-state index in [1.54, 1.807) is 0 Å². The molecular formula is C19H26N4OS. The van der Waals surface area contributed by atoms with Crippen LogP contribution in [0.5, 0.6) is 0 Å². The Morgan fingerprint density at radius 2 is 2.04 bits per heavy atom. The van der Waals surface area contributed by atoms with Crippen LogP contribution in [0.25, 0.3) is 0 Å². The summed E-state index contributed by atoms with van der Waals surface area (Å²) in [4.78, 5) is 7.75. The molecule has 0 unspecified atom stereocenters. The monoisotopic (exact) mass is 358 g/mol. The first-order valence-electron chi connectivity index (χ1n) is 9.12. The van der Waals surface area contributed by atoms with E-state index in [9.17, 15) is 0 Å². The molecule has 0 bridgehead atoms. The van der Waals surface area contributed by atoms with Crippen LogP contribution in [-0.2, 0) is 11.3 Å². The van der Waals surface area contributed by atoms with Gasteiger partial charge in [0.05, 0.1) is 18.4 Å². The van der Waals surface area contributed by atoms with E-state index in [2.05, 4.69) is 45.1 Å². The van der Waals surface area contributed by atoms with Gasteiger partial charge >= 0.3 is 0 Å². The lowest BCUT2D eigenvalue weighted by atomic mass is 9.93. The number of hydrogen-bond acceptors (Lipinski definition) is 6. The SMILES string of the molecule is Cc1ccc(N2CCO[C@@H]3CN(Cc4ccc(C)s4)CC[C@@H]3C2)nn1. The van der Waals surface area contributed by atoms with Crippen LogP contribution < -0.4 is 4.90 Å². The number of hydrogen-bond donors (Lipinski definition) is 0. The lowest BCUT2D eigenvalue weighted by Crippen LogP contribution is -2.46. The molecule has 2 fully saturated rings. The fraction of sp³-hybridized carbons (Fsp3) is 0.579. The normalized spacial score (nSPS) is 24.8. The average molecular weight is 359 g/mol. The summed E-state index contributed by atoms with van der Waals surface area (Å²) in [6, 6.07) is 8.60. The van der Waals surface area contributed by atoms with Gasteiger partial charge in [-0.25, -0.2) is 0 Å². The minimum Gasteiger partial charge on any atom is -0.375 e. The Morgan fingerprint density at radius 1 is 1.12 bits per heavy atom. The molecule has 0 amide bonds. The highest BCUT2D eigenvalue weighted by atomic mass is 32.1. The Bertz CT molecular complexity index is 702. The average Bonchev–Trinajstić information content (AvgIpc) is 2.89. The molecule has 0 aromatic carbocycles. The van der Waals surface area contributed by atoms with Crippen LogP contribution in [0.4, 0.5) is 5.82 Å². The van der Waals surface area contributed by atoms with Gasteiger partial charge in [0.15, 0.2) is 5.82 Å². The molecule has 4 rings (SSSR count). The first-order chi connectivity index (χ1) is 12.2. The number of thiophene rings is 1. The smallest absolute Gasteiger partial charge is 0.151 e. The fourth-order valence-corrected chi connectivity index (χ4v) is 4.75. The first-order valence-corrected chi connectivity index (χ1v) is 9.93. The summed E-state index contributed by atoms with van der Waals surface area (Å²) >= 11 is 1.91. The first kappa shape index (κ1) is 16.9. The van der Waals surface area contributed by atoms with Crippen molar-refractivity contribution in [3.05, 3.63) is 39.7 Å². The zero-order valence-corrected chi connectivity index (χ0v) is 15.8. The molecule has 2 atom stereocenters. The van der Waals surface area contributed by atoms with Gasteiger partial charge in [-0.3, -0.25) is 4.90 Å². The lowest BCUT2D eigenvalue weighted by molar-refractivity contribution is -0.0236. The minimum atomic E-state index is 0.332. The van der Waals surface area contributed by atoms with Crippen LogP contribution >= 0.6 is 11.3 Å². The topological polar surface area (TPSA) is 41.5 Å². The van der Waals surface area contributed by atoms with E-state index in [0.717, 1.165) is 50.8 Å². The molecule has 4 heterocycles. The van der Waals surface area contributed by atoms with Crippen molar-refractivity contribution in [1.29, 1.82) is 0 Å². The molecule has 25 heavy (non-hydrogen) atoms. The minimum absolute atomic E-state index is 0.332. The summed E-state index contributed by atoms with van der Waals surface area (Å²) in [6.45, 7) is 10.1. The van der Waals surface area contributed by atoms with Gasteiger partial charge in [-0.05, 0) is 51.1 Å². The Hall–Kier alpha value is -1.50. The van der Waals surface area contributed by atoms with Crippen LogP contribution in [0.3, 0.4) is 0 Å². The number of piperidine rings is 1. The number of rotatable bonds is 3. The third kappa shape index (κ3) is 4.02. The second-order valence-corrected chi connectivity index (χ2v) is 8.56. The molecule has 0 radical (unpaired) electrons. The third-order valence-corrected chi connectivity index (χ3v) is 6.20. The predicted octanol–water partition coefficient (Wildman–Crippen LogP) is 2.88. The maximum absolute atomic E-state index is 6.23. The molecule has 0 aliphatic carbocycles. The highest BCUT2D eigenvalue weighted by molar-refractivity contribution is 7.11. The number of aryl methyl sites for hydroxylation is 2. The van der Waals surface area contributed by atoms with Crippen molar-refractivity contribution in [3.8, 4) is 0 Å². The summed E-state index contributed by atoms with van der Waals surface area (Å²) < 4.78 is 6.23. The van der Waals surface area contributed by atoms with Crippen molar-refractivity contribution in [3.63, 3.8) is 0 Å². The summed E-state index contributed by atoms with van der Waals surface area (Å²) in [5.41, 5.74) is 0.963. The maximum atomic E-state index is 6.23. The quantitative estimate of drug-likeness (QED) is 0.844. The summed E-state index contributed by atoms with van der Waals surface area (Å²) in [6.07, 6.45) is 1.52. The number of likely N-dealkylation sites (tertiary alicyclic amines) is 1. The van der Waals surface area contributed by atoms with E-state index in [1.165, 1.54) is 16.2 Å². The van der Waals surface area contributed by atoms with Crippen molar-refractivity contribution < 1.29 is 4.74 Å². The highest BCUT2D eigenvalue weighted by Crippen LogP contribution is 2.27. The summed E-state index contributed by atoms with van der Waals surface area (Å²) in [7, 11) is 0. The highest BCUT2D eigenvalue weighted by Gasteiger charge is 2.33. The molecule has 0 N–H and O–H groups in total. The Kier molecular flexibility index (Phi) is 5.01. The van der Waals surface area contributed by atoms with Crippen molar-refractivity contribution in [1.82, 2.24) is 15.1 Å². The van der Waals surface area contributed by atoms with Crippen LogP contribution in [0.15, 0.2) is 24.3 Å². The number of anilines is 1. The van der Waals surface area contributed by atoms with Gasteiger partial charge in [0.1, 0.15) is 0 Å². The van der Waals surface area contributed by atoms with Gasteiger partial charge in [-0.1, -0.05) is 0 Å². The zero-order chi connectivity index (χ0) is 17.2. The fourth-order valence-electron chi connectivity index (χ4n) is 3.82. The zero-order valence-electron chi connectivity index (χ0n) is 15.0. The largest absolute Gasteiger partial charge is 0.375 e. The Labute approximate surface area is 153 Å². The maximum Gasteiger partial charge on any atom is 0.151 e. The second-order valence-electron chi connectivity index (χ2n) is 7.18. The second kappa shape index (κ2) is 7.40. The molecule has 2 saturated heterocycles. The molecule has 0 spiro atoms. The van der Waals surface area contributed by atoms with Crippen molar-refractivity contribution >= 4 is 17.2 Å². The molecule has 2 aliphatic rings. The van der Waals surface area contributed by atoms with Gasteiger partial charge in [-0.2, -0.15) is 5.10 Å². The number of ether oxygens (including phenoxy) is 1. The van der Waals surface area contributed by atoms with Crippen LogP contribution in [0.2, 0.25) is 0 Å². The molecule has 134 valence electrons. The van der Waals surface area contributed by atoms with Crippen molar-refractivity contribution in [2.45, 2.75) is 32.9 Å². The van der Waals surface area contributed by atoms with E-state index >= 15 is 0 Å². The van der Waals surface area contributed by atoms with Gasteiger partial charge < -0.3 is 9.64 Å². The van der Waals surface area contributed by atoms with Crippen molar-refractivity contribution in [2.75, 3.05) is 37.7 Å². The molecular weight excluding hydrogens is 332 g/mol. The van der Waals surface area contributed by atoms with Gasteiger partial charge in [-0.15, -0.1) is 16.4 Å². The molecule has 2 aliphatic heterocycles. The molecule has 2 aromatic rings. The van der Waals surface area contributed by atoms with Gasteiger partial charge in [0.25, 0.3) is 0 Å². The van der Waals surface area contributed by atoms with Gasteiger partial charge in [0.2, 0.25) is 0 Å². The summed E-state index contributed by atoms with van der Waals surface area (Å²) in [5.74, 6) is 1.55. The molecule has 6 heteroatoms. The van der Waals surface area contributed by atoms with Crippen molar-refractivity contribution in [2.24, 2.45) is 5.92 Å². The van der Waals surface area contributed by atoms with Gasteiger partial charge in [0, 0.05) is 41.9 Å².